The molecule has 0 aromatic carbocycles. The summed E-state index contributed by atoms with van der Waals surface area (Å²) in [5.74, 6) is -0.415. The Morgan fingerprint density at radius 3 is 2.36 bits per heavy atom. The summed E-state index contributed by atoms with van der Waals surface area (Å²) in [6, 6.07) is 0. The molecule has 0 rings (SSSR count). The average molecular weight is 158 g/mol. The predicted octanol–water partition coefficient (Wildman–Crippen LogP) is 1.16. The third kappa shape index (κ3) is 3.75. The molecule has 3 nitrogen and oxygen atoms in total. The summed E-state index contributed by atoms with van der Waals surface area (Å²) in [7, 11) is 1.32. The predicted molar refractivity (Wildman–Crippen MR) is 41.1 cm³/mol. The summed E-state index contributed by atoms with van der Waals surface area (Å²) in [5.41, 5.74) is 0. The molecule has 1 atom stereocenters. The Morgan fingerprint density at radius 2 is 2.00 bits per heavy atom. The van der Waals surface area contributed by atoms with Gasteiger partial charge in [-0.2, -0.15) is 0 Å². The second-order valence-corrected chi connectivity index (χ2v) is 2.50. The van der Waals surface area contributed by atoms with Gasteiger partial charge >= 0.3 is 5.97 Å². The molecule has 11 heavy (non-hydrogen) atoms. The first-order valence-electron chi connectivity index (χ1n) is 3.71. The molecule has 0 saturated heterocycles. The van der Waals surface area contributed by atoms with Gasteiger partial charge < -0.3 is 4.74 Å². The maximum absolute atomic E-state index is 11.0. The van der Waals surface area contributed by atoms with Gasteiger partial charge in [-0.25, -0.2) is 0 Å². The van der Waals surface area contributed by atoms with Crippen LogP contribution in [0.25, 0.3) is 0 Å². The maximum atomic E-state index is 11.0. The Kier molecular flexibility index (Phi) is 4.50. The number of methoxy groups -OCH3 is 1. The number of carbonyl (C=O) groups excluding carboxylic acids is 2. The first-order chi connectivity index (χ1) is 5.11. The number of hydrogen-bond acceptors (Lipinski definition) is 3. The standard InChI is InChI=1S/C8H14O3/c1-4-7(9)6(2)5-8(10)11-3/h6H,4-5H2,1-3H3. The first kappa shape index (κ1) is 10.1. The van der Waals surface area contributed by atoms with E-state index in [0.29, 0.717) is 6.42 Å². The number of esters is 1. The van der Waals surface area contributed by atoms with E-state index in [1.807, 2.05) is 0 Å². The summed E-state index contributed by atoms with van der Waals surface area (Å²) in [6.45, 7) is 3.53. The molecule has 0 amide bonds. The number of hydrogen-bond donors (Lipinski definition) is 0. The Hall–Kier alpha value is -0.860. The monoisotopic (exact) mass is 158 g/mol. The van der Waals surface area contributed by atoms with Crippen LogP contribution in [-0.2, 0) is 14.3 Å². The van der Waals surface area contributed by atoms with Crippen molar-refractivity contribution in [2.45, 2.75) is 26.7 Å². The van der Waals surface area contributed by atoms with E-state index < -0.39 is 0 Å². The fourth-order valence-corrected chi connectivity index (χ4v) is 0.796. The molecule has 0 saturated carbocycles. The van der Waals surface area contributed by atoms with E-state index >= 15 is 0 Å². The van der Waals surface area contributed by atoms with Crippen LogP contribution < -0.4 is 0 Å². The molecule has 0 aliphatic heterocycles. The highest BCUT2D eigenvalue weighted by Crippen LogP contribution is 2.06. The van der Waals surface area contributed by atoms with Crippen LogP contribution in [0, 0.1) is 5.92 Å². The van der Waals surface area contributed by atoms with Crippen LogP contribution in [0.2, 0.25) is 0 Å². The van der Waals surface area contributed by atoms with E-state index in [2.05, 4.69) is 4.74 Å². The molecule has 64 valence electrons. The van der Waals surface area contributed by atoms with Gasteiger partial charge in [-0.15, -0.1) is 0 Å². The highest BCUT2D eigenvalue weighted by Gasteiger charge is 2.14. The SMILES string of the molecule is CCC(=O)C(C)CC(=O)OC. The smallest absolute Gasteiger partial charge is 0.306 e. The van der Waals surface area contributed by atoms with E-state index in [0.717, 1.165) is 0 Å². The lowest BCUT2D eigenvalue weighted by Crippen LogP contribution is -2.15. The topological polar surface area (TPSA) is 43.4 Å². The van der Waals surface area contributed by atoms with Crippen LogP contribution in [0.1, 0.15) is 26.7 Å². The lowest BCUT2D eigenvalue weighted by atomic mass is 10.0. The van der Waals surface area contributed by atoms with Crippen LogP contribution in [0.4, 0.5) is 0 Å². The minimum absolute atomic E-state index is 0.107. The van der Waals surface area contributed by atoms with Crippen molar-refractivity contribution < 1.29 is 14.3 Å². The van der Waals surface area contributed by atoms with E-state index in [9.17, 15) is 9.59 Å². The highest BCUT2D eigenvalue weighted by atomic mass is 16.5. The van der Waals surface area contributed by atoms with Crippen LogP contribution in [-0.4, -0.2) is 18.9 Å². The van der Waals surface area contributed by atoms with Crippen molar-refractivity contribution in [2.75, 3.05) is 7.11 Å². The molecule has 0 aromatic rings. The van der Waals surface area contributed by atoms with Gasteiger partial charge in [0.2, 0.25) is 0 Å². The van der Waals surface area contributed by atoms with Crippen LogP contribution >= 0.6 is 0 Å². The van der Waals surface area contributed by atoms with Gasteiger partial charge in [-0.05, 0) is 0 Å². The van der Waals surface area contributed by atoms with E-state index in [-0.39, 0.29) is 24.1 Å². The Balaban J connectivity index is 3.77. The van der Waals surface area contributed by atoms with Gasteiger partial charge in [-0.3, -0.25) is 9.59 Å². The second-order valence-electron chi connectivity index (χ2n) is 2.50. The van der Waals surface area contributed by atoms with E-state index in [1.165, 1.54) is 7.11 Å². The van der Waals surface area contributed by atoms with Crippen LogP contribution in [0.5, 0.6) is 0 Å². The van der Waals surface area contributed by atoms with Gasteiger partial charge in [0.05, 0.1) is 13.5 Å². The zero-order valence-corrected chi connectivity index (χ0v) is 7.22. The average Bonchev–Trinajstić information content (AvgIpc) is 2.02. The van der Waals surface area contributed by atoms with Crippen LogP contribution in [0.3, 0.4) is 0 Å². The fourth-order valence-electron chi connectivity index (χ4n) is 0.796. The third-order valence-corrected chi connectivity index (χ3v) is 1.60. The number of rotatable bonds is 4. The fraction of sp³-hybridized carbons (Fsp3) is 0.750. The Bertz CT molecular complexity index is 151. The third-order valence-electron chi connectivity index (χ3n) is 1.60. The Labute approximate surface area is 66.7 Å². The van der Waals surface area contributed by atoms with Crippen molar-refractivity contribution in [3.63, 3.8) is 0 Å². The largest absolute Gasteiger partial charge is 0.469 e. The zero-order chi connectivity index (χ0) is 8.85. The lowest BCUT2D eigenvalue weighted by molar-refractivity contribution is -0.143. The molecule has 0 aliphatic rings. The summed E-state index contributed by atoms with van der Waals surface area (Å²) in [5, 5.41) is 0. The zero-order valence-electron chi connectivity index (χ0n) is 7.22. The van der Waals surface area contributed by atoms with Crippen molar-refractivity contribution in [3.8, 4) is 0 Å². The molecular formula is C8H14O3. The van der Waals surface area contributed by atoms with Crippen molar-refractivity contribution in [3.05, 3.63) is 0 Å². The second kappa shape index (κ2) is 4.88. The highest BCUT2D eigenvalue weighted by molar-refractivity contribution is 5.84. The minimum atomic E-state index is -0.320. The molecule has 0 spiro atoms. The van der Waals surface area contributed by atoms with Crippen LogP contribution in [0.15, 0.2) is 0 Å². The number of ketones is 1. The molecule has 3 heteroatoms. The Morgan fingerprint density at radius 1 is 1.45 bits per heavy atom. The molecule has 0 N–H and O–H groups in total. The summed E-state index contributed by atoms with van der Waals surface area (Å²) < 4.78 is 4.42. The van der Waals surface area contributed by atoms with Gasteiger partial charge in [-0.1, -0.05) is 13.8 Å². The molecule has 0 radical (unpaired) electrons. The van der Waals surface area contributed by atoms with Gasteiger partial charge in [0, 0.05) is 12.3 Å². The van der Waals surface area contributed by atoms with Crippen molar-refractivity contribution in [1.82, 2.24) is 0 Å². The normalized spacial score (nSPS) is 12.3. The molecule has 0 aromatic heterocycles. The molecule has 1 unspecified atom stereocenters. The summed E-state index contributed by atoms with van der Waals surface area (Å²) in [6.07, 6.45) is 0.682. The van der Waals surface area contributed by atoms with Gasteiger partial charge in [0.1, 0.15) is 5.78 Å². The van der Waals surface area contributed by atoms with Crippen molar-refractivity contribution in [1.29, 1.82) is 0 Å². The minimum Gasteiger partial charge on any atom is -0.469 e. The molecule has 0 aliphatic carbocycles. The number of Topliss-reactive ketones (excluding diaryl/α,β-unsaturated/α-hetero) is 1. The van der Waals surface area contributed by atoms with Gasteiger partial charge in [0.25, 0.3) is 0 Å². The first-order valence-corrected chi connectivity index (χ1v) is 3.71. The van der Waals surface area contributed by atoms with E-state index in [1.54, 1.807) is 13.8 Å². The number of ether oxygens (including phenoxy) is 1. The molecular weight excluding hydrogens is 144 g/mol. The molecule has 0 heterocycles. The maximum Gasteiger partial charge on any atom is 0.306 e. The van der Waals surface area contributed by atoms with Gasteiger partial charge in [0.15, 0.2) is 0 Å². The quantitative estimate of drug-likeness (QED) is 0.577. The molecule has 0 bridgehead atoms. The molecule has 0 fully saturated rings. The number of carbonyl (C=O) groups is 2. The van der Waals surface area contributed by atoms with Crippen molar-refractivity contribution >= 4 is 11.8 Å². The summed E-state index contributed by atoms with van der Waals surface area (Å²) in [4.78, 5) is 21.6. The summed E-state index contributed by atoms with van der Waals surface area (Å²) >= 11 is 0. The lowest BCUT2D eigenvalue weighted by Gasteiger charge is -2.05. The van der Waals surface area contributed by atoms with E-state index in [4.69, 9.17) is 0 Å². The van der Waals surface area contributed by atoms with Crippen molar-refractivity contribution in [2.24, 2.45) is 5.92 Å².